The summed E-state index contributed by atoms with van der Waals surface area (Å²) in [5, 5.41) is 0. The van der Waals surface area contributed by atoms with Crippen LogP contribution in [-0.4, -0.2) is 58.3 Å². The molecule has 3 radical (unpaired) electrons. The highest BCUT2D eigenvalue weighted by molar-refractivity contribution is 6.66. The first kappa shape index (κ1) is 34.1. The molecule has 0 N–H and O–H groups in total. The molecule has 217 valence electrons. The predicted molar refractivity (Wildman–Crippen MR) is 163 cm³/mol. The van der Waals surface area contributed by atoms with Gasteiger partial charge in [-0.25, -0.2) is 0 Å². The minimum absolute atomic E-state index is 0. The zero-order valence-corrected chi connectivity index (χ0v) is 26.4. The smallest absolute Gasteiger partial charge is 0.494 e. The van der Waals surface area contributed by atoms with E-state index >= 15 is 0 Å². The van der Waals surface area contributed by atoms with Crippen molar-refractivity contribution in [3.8, 4) is 11.5 Å². The second-order valence-corrected chi connectivity index (χ2v) is 12.9. The first-order chi connectivity index (χ1) is 17.7. The van der Waals surface area contributed by atoms with E-state index in [4.69, 9.17) is 28.1 Å². The first-order valence-electron chi connectivity index (χ1n) is 14.9. The van der Waals surface area contributed by atoms with Gasteiger partial charge in [0, 0.05) is 19.3 Å². The van der Waals surface area contributed by atoms with Crippen molar-refractivity contribution < 1.29 is 28.1 Å². The van der Waals surface area contributed by atoms with Crippen LogP contribution in [0.5, 0.6) is 11.5 Å². The topological polar surface area (TPSA) is 55.4 Å². The van der Waals surface area contributed by atoms with Gasteiger partial charge in [-0.2, -0.15) is 0 Å². The fraction of sp³-hybridized carbons (Fsp3) is 0.800. The molecule has 2 aliphatic rings. The van der Waals surface area contributed by atoms with E-state index in [-0.39, 0.29) is 8.41 Å². The fourth-order valence-corrected chi connectivity index (χ4v) is 4.57. The van der Waals surface area contributed by atoms with Crippen molar-refractivity contribution in [3.63, 3.8) is 0 Å². The van der Waals surface area contributed by atoms with Crippen molar-refractivity contribution in [1.29, 1.82) is 0 Å². The summed E-state index contributed by atoms with van der Waals surface area (Å²) in [6.45, 7) is 22.3. The third-order valence-corrected chi connectivity index (χ3v) is 8.67. The monoisotopic (exact) mass is 541 g/mol. The molecular weight excluding hydrogens is 489 g/mol. The molecule has 0 bridgehead atoms. The van der Waals surface area contributed by atoms with E-state index < -0.39 is 36.6 Å². The number of rotatable bonds is 14. The lowest BCUT2D eigenvalue weighted by atomic mass is 9.72. The Morgan fingerprint density at radius 3 is 1.13 bits per heavy atom. The molecule has 0 aliphatic carbocycles. The molecule has 9 heteroatoms. The quantitative estimate of drug-likeness (QED) is 0.219. The third-order valence-electron chi connectivity index (χ3n) is 8.67. The van der Waals surface area contributed by atoms with Gasteiger partial charge in [-0.1, -0.05) is 52.4 Å². The number of hydrogen-bond acceptors (Lipinski definition) is 6. The van der Waals surface area contributed by atoms with Crippen molar-refractivity contribution in [2.75, 3.05) is 13.2 Å². The van der Waals surface area contributed by atoms with Crippen LogP contribution in [-0.2, 0) is 18.6 Å². The van der Waals surface area contributed by atoms with Gasteiger partial charge in [-0.05, 0) is 80.4 Å². The summed E-state index contributed by atoms with van der Waals surface area (Å²) in [7, 11) is -1.11. The van der Waals surface area contributed by atoms with Crippen LogP contribution in [0.4, 0.5) is 0 Å². The zero-order chi connectivity index (χ0) is 28.2. The maximum Gasteiger partial charge on any atom is 0.498 e. The number of ether oxygens (including phenoxy) is 2. The summed E-state index contributed by atoms with van der Waals surface area (Å²) in [5.74, 6) is 1.48. The van der Waals surface area contributed by atoms with Gasteiger partial charge in [-0.3, -0.25) is 0 Å². The van der Waals surface area contributed by atoms with E-state index in [1.54, 1.807) is 0 Å². The van der Waals surface area contributed by atoms with Crippen LogP contribution in [0.15, 0.2) is 12.1 Å². The van der Waals surface area contributed by atoms with Crippen LogP contribution in [0.3, 0.4) is 0 Å². The number of benzene rings is 1. The maximum atomic E-state index is 6.46. The Hall–Kier alpha value is -1.15. The van der Waals surface area contributed by atoms with Gasteiger partial charge in [0.05, 0.1) is 35.6 Å². The van der Waals surface area contributed by atoms with E-state index in [1.165, 1.54) is 25.7 Å². The Kier molecular flexibility index (Phi) is 11.9. The molecule has 1 aromatic rings. The molecule has 0 atom stereocenters. The van der Waals surface area contributed by atoms with Gasteiger partial charge in [0.25, 0.3) is 0 Å². The van der Waals surface area contributed by atoms with E-state index in [0.717, 1.165) is 48.1 Å². The van der Waals surface area contributed by atoms with Crippen LogP contribution in [0.2, 0.25) is 0 Å². The van der Waals surface area contributed by atoms with Gasteiger partial charge in [0.15, 0.2) is 0 Å². The van der Waals surface area contributed by atoms with E-state index in [1.807, 2.05) is 12.1 Å². The lowest BCUT2D eigenvalue weighted by Crippen LogP contribution is -2.41. The summed E-state index contributed by atoms with van der Waals surface area (Å²) < 4.78 is 38.7. The van der Waals surface area contributed by atoms with Gasteiger partial charge < -0.3 is 28.1 Å². The molecule has 0 unspecified atom stereocenters. The minimum atomic E-state index is -0.555. The molecule has 0 saturated carbocycles. The second kappa shape index (κ2) is 13.7. The Morgan fingerprint density at radius 1 is 0.538 bits per heavy atom. The van der Waals surface area contributed by atoms with Crippen LogP contribution in [0, 0.1) is 0 Å². The molecule has 0 aromatic heterocycles. The van der Waals surface area contributed by atoms with Gasteiger partial charge in [-0.15, -0.1) is 0 Å². The van der Waals surface area contributed by atoms with Crippen molar-refractivity contribution in [2.45, 2.75) is 143 Å². The second-order valence-electron chi connectivity index (χ2n) is 12.9. The molecule has 3 rings (SSSR count). The summed E-state index contributed by atoms with van der Waals surface area (Å²) in [5.41, 5.74) is -0.127. The molecule has 2 aliphatic heterocycles. The molecule has 2 heterocycles. The van der Waals surface area contributed by atoms with Gasteiger partial charge in [0.2, 0.25) is 0 Å². The standard InChI is InChI=1S/C30H52B2O6.B/c1-11-13-15-17-19-33-25-21-24(32-37-29(7,8)30(9,10)38-32)26(34-20-18-16-14-12-2)22-23(25)31-35-27(3,4)28(5,6)36-31;/h21-22H,11-20H2,1-10H3;. The van der Waals surface area contributed by atoms with Crippen LogP contribution in [0.1, 0.15) is 121 Å². The summed E-state index contributed by atoms with van der Waals surface area (Å²) in [6, 6.07) is 4.06. The minimum Gasteiger partial charge on any atom is -0.494 e. The molecule has 0 amide bonds. The zero-order valence-electron chi connectivity index (χ0n) is 26.4. The van der Waals surface area contributed by atoms with E-state index in [2.05, 4.69) is 69.2 Å². The highest BCUT2D eigenvalue weighted by Crippen LogP contribution is 2.39. The summed E-state index contributed by atoms with van der Waals surface area (Å²) in [4.78, 5) is 0. The normalized spacial score (nSPS) is 20.7. The predicted octanol–water partition coefficient (Wildman–Crippen LogP) is 5.82. The Balaban J connectivity index is 0.00000533. The molecular formula is C30H52B3O6. The molecule has 39 heavy (non-hydrogen) atoms. The fourth-order valence-electron chi connectivity index (χ4n) is 4.57. The average Bonchev–Trinajstić information content (AvgIpc) is 3.18. The summed E-state index contributed by atoms with van der Waals surface area (Å²) in [6.07, 6.45) is 9.08. The molecule has 6 nitrogen and oxygen atoms in total. The molecule has 0 spiro atoms. The van der Waals surface area contributed by atoms with Gasteiger partial charge in [0.1, 0.15) is 11.5 Å². The van der Waals surface area contributed by atoms with Crippen LogP contribution < -0.4 is 20.4 Å². The number of hydrogen-bond donors (Lipinski definition) is 0. The first-order valence-corrected chi connectivity index (χ1v) is 14.9. The third kappa shape index (κ3) is 7.99. The lowest BCUT2D eigenvalue weighted by Gasteiger charge is -2.32. The van der Waals surface area contributed by atoms with E-state index in [0.29, 0.717) is 13.2 Å². The van der Waals surface area contributed by atoms with Crippen molar-refractivity contribution in [1.82, 2.24) is 0 Å². The Bertz CT molecular complexity index is 812. The highest BCUT2D eigenvalue weighted by Gasteiger charge is 2.55. The van der Waals surface area contributed by atoms with E-state index in [9.17, 15) is 0 Å². The largest absolute Gasteiger partial charge is 0.498 e. The van der Waals surface area contributed by atoms with Crippen molar-refractivity contribution in [2.24, 2.45) is 0 Å². The Labute approximate surface area is 241 Å². The Morgan fingerprint density at radius 2 is 0.846 bits per heavy atom. The maximum absolute atomic E-state index is 6.46. The van der Waals surface area contributed by atoms with Gasteiger partial charge >= 0.3 is 14.2 Å². The van der Waals surface area contributed by atoms with Crippen LogP contribution in [0.25, 0.3) is 0 Å². The molecule has 2 saturated heterocycles. The highest BCUT2D eigenvalue weighted by atomic mass is 16.7. The summed E-state index contributed by atoms with van der Waals surface area (Å²) >= 11 is 0. The van der Waals surface area contributed by atoms with Crippen LogP contribution >= 0.6 is 0 Å². The number of unbranched alkanes of at least 4 members (excludes halogenated alkanes) is 6. The SMILES string of the molecule is CCCCCCOc1cc(B2OC(C)(C)C(C)(C)O2)c(OCCCCCC)cc1B1OC(C)(C)C(C)(C)O1.[B]. The van der Waals surface area contributed by atoms with Crippen molar-refractivity contribution >= 4 is 33.6 Å². The molecule has 1 aromatic carbocycles. The van der Waals surface area contributed by atoms with Crippen molar-refractivity contribution in [3.05, 3.63) is 12.1 Å². The molecule has 2 fully saturated rings. The lowest BCUT2D eigenvalue weighted by molar-refractivity contribution is 0.00578. The average molecular weight is 541 g/mol.